The van der Waals surface area contributed by atoms with Gasteiger partial charge in [0.15, 0.2) is 0 Å². The van der Waals surface area contributed by atoms with Gasteiger partial charge in [0.05, 0.1) is 0 Å². The number of rotatable bonds is 2. The van der Waals surface area contributed by atoms with Gasteiger partial charge in [-0.1, -0.05) is 19.1 Å². The first-order valence-corrected chi connectivity index (χ1v) is 9.53. The van der Waals surface area contributed by atoms with Gasteiger partial charge in [-0.3, -0.25) is 9.11 Å². The molecular formula is C18H23NO3S. The first-order chi connectivity index (χ1) is 10.9. The number of hydrogen-bond donors (Lipinski definition) is 0. The standard InChI is InChI=1S/C18H23NO3S/c1-12-9-19(6-7-23(21)11-12)10-15-8-17(20)22-18-14(3)13(2)4-5-16(15)18/h4-5,8,12H,6-7,9-11H2,1-3H3. The number of benzene rings is 1. The van der Waals surface area contributed by atoms with Gasteiger partial charge < -0.3 is 4.42 Å². The van der Waals surface area contributed by atoms with Gasteiger partial charge in [-0.05, 0) is 36.5 Å². The van der Waals surface area contributed by atoms with Crippen LogP contribution in [0.1, 0.15) is 23.6 Å². The van der Waals surface area contributed by atoms with Crippen molar-refractivity contribution in [2.24, 2.45) is 5.92 Å². The summed E-state index contributed by atoms with van der Waals surface area (Å²) in [6.07, 6.45) is 0. The maximum absolute atomic E-state index is 12.0. The predicted octanol–water partition coefficient (Wildman–Crippen LogP) is 2.61. The Labute approximate surface area is 138 Å². The Balaban J connectivity index is 1.98. The van der Waals surface area contributed by atoms with Gasteiger partial charge in [0, 0.05) is 53.4 Å². The lowest BCUT2D eigenvalue weighted by Gasteiger charge is -2.22. The lowest BCUT2D eigenvalue weighted by Crippen LogP contribution is -2.29. The summed E-state index contributed by atoms with van der Waals surface area (Å²) < 4.78 is 17.3. The summed E-state index contributed by atoms with van der Waals surface area (Å²) in [5.41, 5.74) is 3.54. The Morgan fingerprint density at radius 2 is 2.13 bits per heavy atom. The van der Waals surface area contributed by atoms with E-state index in [1.54, 1.807) is 6.07 Å². The van der Waals surface area contributed by atoms with E-state index in [0.29, 0.717) is 23.8 Å². The largest absolute Gasteiger partial charge is 0.422 e. The van der Waals surface area contributed by atoms with Crippen LogP contribution >= 0.6 is 0 Å². The third-order valence-electron chi connectivity index (χ3n) is 4.59. The highest BCUT2D eigenvalue weighted by molar-refractivity contribution is 7.85. The lowest BCUT2D eigenvalue weighted by molar-refractivity contribution is 0.257. The quantitative estimate of drug-likeness (QED) is 0.793. The van der Waals surface area contributed by atoms with Gasteiger partial charge in [0.2, 0.25) is 0 Å². The summed E-state index contributed by atoms with van der Waals surface area (Å²) in [6.45, 7) is 8.57. The Hall–Kier alpha value is -1.46. The number of nitrogens with zero attached hydrogens (tertiary/aromatic N) is 1. The third-order valence-corrected chi connectivity index (χ3v) is 6.17. The van der Waals surface area contributed by atoms with Crippen molar-refractivity contribution in [3.63, 3.8) is 0 Å². The molecule has 1 aromatic heterocycles. The Morgan fingerprint density at radius 1 is 1.35 bits per heavy atom. The van der Waals surface area contributed by atoms with Crippen molar-refractivity contribution in [1.82, 2.24) is 4.90 Å². The van der Waals surface area contributed by atoms with Crippen molar-refractivity contribution in [2.45, 2.75) is 27.3 Å². The Kier molecular flexibility index (Phi) is 4.69. The summed E-state index contributed by atoms with van der Waals surface area (Å²) in [6, 6.07) is 5.71. The smallest absolute Gasteiger partial charge is 0.336 e. The zero-order valence-electron chi connectivity index (χ0n) is 13.9. The molecule has 1 aromatic carbocycles. The fourth-order valence-electron chi connectivity index (χ4n) is 3.26. The summed E-state index contributed by atoms with van der Waals surface area (Å²) >= 11 is 0. The van der Waals surface area contributed by atoms with Gasteiger partial charge in [-0.25, -0.2) is 4.79 Å². The van der Waals surface area contributed by atoms with E-state index in [1.165, 1.54) is 0 Å². The van der Waals surface area contributed by atoms with Crippen LogP contribution < -0.4 is 5.63 Å². The zero-order chi connectivity index (χ0) is 16.6. The van der Waals surface area contributed by atoms with Crippen molar-refractivity contribution in [3.8, 4) is 0 Å². The van der Waals surface area contributed by atoms with E-state index >= 15 is 0 Å². The van der Waals surface area contributed by atoms with Crippen LogP contribution in [-0.4, -0.2) is 33.7 Å². The second-order valence-electron chi connectivity index (χ2n) is 6.63. The highest BCUT2D eigenvalue weighted by atomic mass is 32.2. The molecule has 5 heteroatoms. The molecule has 2 atom stereocenters. The SMILES string of the molecule is Cc1ccc2c(CN3CCS(=O)CC(C)C3)cc(=O)oc2c1C. The van der Waals surface area contributed by atoms with Gasteiger partial charge in [-0.15, -0.1) is 0 Å². The molecule has 1 saturated heterocycles. The topological polar surface area (TPSA) is 50.5 Å². The summed E-state index contributed by atoms with van der Waals surface area (Å²) in [5, 5.41) is 1.01. The van der Waals surface area contributed by atoms with Crippen LogP contribution in [0.5, 0.6) is 0 Å². The minimum absolute atomic E-state index is 0.298. The lowest BCUT2D eigenvalue weighted by atomic mass is 10.0. The zero-order valence-corrected chi connectivity index (χ0v) is 14.7. The molecule has 0 saturated carbocycles. The van der Waals surface area contributed by atoms with Crippen molar-refractivity contribution in [1.29, 1.82) is 0 Å². The predicted molar refractivity (Wildman–Crippen MR) is 94.3 cm³/mol. The van der Waals surface area contributed by atoms with Crippen LogP contribution in [0.25, 0.3) is 11.0 Å². The Bertz CT molecular complexity index is 812. The van der Waals surface area contributed by atoms with E-state index in [1.807, 2.05) is 19.9 Å². The number of hydrogen-bond acceptors (Lipinski definition) is 4. The van der Waals surface area contributed by atoms with Crippen LogP contribution in [0.3, 0.4) is 0 Å². The molecule has 23 heavy (non-hydrogen) atoms. The molecule has 0 aliphatic carbocycles. The first-order valence-electron chi connectivity index (χ1n) is 8.04. The molecule has 0 spiro atoms. The van der Waals surface area contributed by atoms with E-state index in [9.17, 15) is 9.00 Å². The molecule has 2 aromatic rings. The maximum atomic E-state index is 12.0. The van der Waals surface area contributed by atoms with Crippen molar-refractivity contribution in [2.75, 3.05) is 24.6 Å². The third kappa shape index (κ3) is 3.56. The molecule has 0 bridgehead atoms. The second kappa shape index (κ2) is 6.57. The molecule has 2 unspecified atom stereocenters. The second-order valence-corrected chi connectivity index (χ2v) is 8.25. The molecule has 0 N–H and O–H groups in total. The molecule has 4 nitrogen and oxygen atoms in total. The first kappa shape index (κ1) is 16.4. The van der Waals surface area contributed by atoms with E-state index in [0.717, 1.165) is 40.9 Å². The summed E-state index contributed by atoms with van der Waals surface area (Å²) in [4.78, 5) is 14.3. The summed E-state index contributed by atoms with van der Waals surface area (Å²) in [7, 11) is -0.727. The molecule has 0 radical (unpaired) electrons. The fourth-order valence-corrected chi connectivity index (χ4v) is 4.62. The summed E-state index contributed by atoms with van der Waals surface area (Å²) in [5.74, 6) is 1.89. The molecule has 1 fully saturated rings. The van der Waals surface area contributed by atoms with Crippen molar-refractivity contribution in [3.05, 3.63) is 45.3 Å². The average molecular weight is 333 g/mol. The molecule has 1 aliphatic heterocycles. The minimum atomic E-state index is -0.727. The monoisotopic (exact) mass is 333 g/mol. The Morgan fingerprint density at radius 3 is 2.91 bits per heavy atom. The highest BCUT2D eigenvalue weighted by Crippen LogP contribution is 2.24. The van der Waals surface area contributed by atoms with Gasteiger partial charge in [0.25, 0.3) is 0 Å². The van der Waals surface area contributed by atoms with Crippen LogP contribution in [0.15, 0.2) is 27.4 Å². The van der Waals surface area contributed by atoms with Gasteiger partial charge >= 0.3 is 5.63 Å². The molecule has 2 heterocycles. The number of fused-ring (bicyclic) bond motifs is 1. The molecular weight excluding hydrogens is 310 g/mol. The normalized spacial score (nSPS) is 23.1. The van der Waals surface area contributed by atoms with Crippen LogP contribution in [0.4, 0.5) is 0 Å². The minimum Gasteiger partial charge on any atom is -0.422 e. The molecule has 124 valence electrons. The van der Waals surface area contributed by atoms with Gasteiger partial charge in [-0.2, -0.15) is 0 Å². The molecule has 1 aliphatic rings. The van der Waals surface area contributed by atoms with E-state index < -0.39 is 10.8 Å². The van der Waals surface area contributed by atoms with Crippen LogP contribution in [0.2, 0.25) is 0 Å². The highest BCUT2D eigenvalue weighted by Gasteiger charge is 2.20. The fraction of sp³-hybridized carbons (Fsp3) is 0.500. The van der Waals surface area contributed by atoms with Gasteiger partial charge in [0.1, 0.15) is 5.58 Å². The van der Waals surface area contributed by atoms with E-state index in [2.05, 4.69) is 17.9 Å². The average Bonchev–Trinajstić information content (AvgIpc) is 2.64. The van der Waals surface area contributed by atoms with Crippen LogP contribution in [0, 0.1) is 19.8 Å². The van der Waals surface area contributed by atoms with E-state index in [-0.39, 0.29) is 5.63 Å². The van der Waals surface area contributed by atoms with Crippen molar-refractivity contribution >= 4 is 21.8 Å². The molecule has 0 amide bonds. The van der Waals surface area contributed by atoms with Crippen LogP contribution in [-0.2, 0) is 17.3 Å². The van der Waals surface area contributed by atoms with Crippen molar-refractivity contribution < 1.29 is 8.63 Å². The molecule has 3 rings (SSSR count). The number of aryl methyl sites for hydroxylation is 2. The van der Waals surface area contributed by atoms with E-state index in [4.69, 9.17) is 4.42 Å². The maximum Gasteiger partial charge on any atom is 0.336 e.